The molecule has 1 heterocycles. The van der Waals surface area contributed by atoms with E-state index < -0.39 is 39.9 Å². The van der Waals surface area contributed by atoms with Gasteiger partial charge in [0.25, 0.3) is 11.6 Å². The Kier molecular flexibility index (Phi) is 6.68. The van der Waals surface area contributed by atoms with Crippen LogP contribution in [0.2, 0.25) is 5.02 Å². The van der Waals surface area contributed by atoms with Crippen LogP contribution < -0.4 is 5.32 Å². The largest absolute Gasteiger partial charge is 0.462 e. The molecule has 0 aliphatic heterocycles. The van der Waals surface area contributed by atoms with Crippen LogP contribution in [-0.2, 0) is 10.9 Å². The van der Waals surface area contributed by atoms with Gasteiger partial charge in [0.05, 0.1) is 23.4 Å². The molecule has 0 aliphatic carbocycles. The number of nitrogens with zero attached hydrogens (tertiary/aromatic N) is 3. The summed E-state index contributed by atoms with van der Waals surface area (Å²) in [7, 11) is 0. The number of alkyl halides is 3. The summed E-state index contributed by atoms with van der Waals surface area (Å²) in [6.45, 7) is 1.35. The van der Waals surface area contributed by atoms with Crippen LogP contribution in [0.5, 0.6) is 0 Å². The lowest BCUT2D eigenvalue weighted by molar-refractivity contribution is -0.385. The normalized spacial score (nSPS) is 11.2. The summed E-state index contributed by atoms with van der Waals surface area (Å²) in [5, 5.41) is 17.3. The molecule has 0 atom stereocenters. The fourth-order valence-corrected chi connectivity index (χ4v) is 3.08. The van der Waals surface area contributed by atoms with E-state index in [2.05, 4.69) is 15.2 Å². The van der Waals surface area contributed by atoms with Gasteiger partial charge in [0.1, 0.15) is 11.1 Å². The maximum atomic E-state index is 13.6. The van der Waals surface area contributed by atoms with Crippen molar-refractivity contribution in [2.24, 2.45) is 0 Å². The Hall–Kier alpha value is -3.93. The molecule has 13 heteroatoms. The summed E-state index contributed by atoms with van der Waals surface area (Å²) in [4.78, 5) is 34.8. The minimum absolute atomic E-state index is 0.0513. The standard InChI is InChI=1S/C20H14ClF3N4O5/c1-2-33-19(30)15-10-25-27(17(15)20(22,23)24)13-6-4-12(5-7-13)26-18(29)14-9-11(21)3-8-16(14)28(31)32/h3-10H,2H2,1H3,(H,26,29). The molecule has 3 aromatic rings. The molecule has 0 spiro atoms. The number of hydrogen-bond acceptors (Lipinski definition) is 6. The van der Waals surface area contributed by atoms with Crippen LogP contribution >= 0.6 is 11.6 Å². The highest BCUT2D eigenvalue weighted by Crippen LogP contribution is 2.34. The molecule has 1 aromatic heterocycles. The highest BCUT2D eigenvalue weighted by molar-refractivity contribution is 6.31. The molecule has 33 heavy (non-hydrogen) atoms. The quantitative estimate of drug-likeness (QED) is 0.304. The number of nitro benzene ring substituents is 1. The van der Waals surface area contributed by atoms with E-state index in [0.717, 1.165) is 18.3 Å². The molecule has 1 amide bonds. The number of halogens is 4. The second-order valence-corrected chi connectivity index (χ2v) is 6.89. The Bertz CT molecular complexity index is 1230. The fourth-order valence-electron chi connectivity index (χ4n) is 2.91. The molecule has 2 aromatic carbocycles. The van der Waals surface area contributed by atoms with Gasteiger partial charge in [-0.1, -0.05) is 11.6 Å². The molecule has 0 radical (unpaired) electrons. The van der Waals surface area contributed by atoms with Crippen molar-refractivity contribution in [3.8, 4) is 5.69 Å². The molecular weight excluding hydrogens is 469 g/mol. The number of amides is 1. The zero-order valence-corrected chi connectivity index (χ0v) is 17.5. The van der Waals surface area contributed by atoms with Crippen molar-refractivity contribution in [2.45, 2.75) is 13.1 Å². The summed E-state index contributed by atoms with van der Waals surface area (Å²) in [5.74, 6) is -2.00. The summed E-state index contributed by atoms with van der Waals surface area (Å²) >= 11 is 5.82. The first-order chi connectivity index (χ1) is 15.5. The van der Waals surface area contributed by atoms with Gasteiger partial charge in [-0.3, -0.25) is 14.9 Å². The van der Waals surface area contributed by atoms with Crippen molar-refractivity contribution in [3.63, 3.8) is 0 Å². The number of rotatable bonds is 6. The van der Waals surface area contributed by atoms with Gasteiger partial charge in [-0.15, -0.1) is 0 Å². The van der Waals surface area contributed by atoms with E-state index >= 15 is 0 Å². The first-order valence-corrected chi connectivity index (χ1v) is 9.58. The third-order valence-corrected chi connectivity index (χ3v) is 4.54. The minimum Gasteiger partial charge on any atom is -0.462 e. The zero-order chi connectivity index (χ0) is 24.3. The van der Waals surface area contributed by atoms with Crippen molar-refractivity contribution < 1.29 is 32.4 Å². The molecule has 1 N–H and O–H groups in total. The number of nitrogens with one attached hydrogen (secondary N) is 1. The number of aromatic nitrogens is 2. The second-order valence-electron chi connectivity index (χ2n) is 6.46. The first kappa shape index (κ1) is 23.7. The number of anilines is 1. The lowest BCUT2D eigenvalue weighted by Gasteiger charge is -2.13. The van der Waals surface area contributed by atoms with Crippen molar-refractivity contribution in [1.29, 1.82) is 0 Å². The number of carbonyl (C=O) groups excluding carboxylic acids is 2. The van der Waals surface area contributed by atoms with E-state index in [1.807, 2.05) is 0 Å². The number of benzene rings is 2. The lowest BCUT2D eigenvalue weighted by atomic mass is 10.1. The summed E-state index contributed by atoms with van der Waals surface area (Å²) in [5.41, 5.74) is -2.72. The van der Waals surface area contributed by atoms with E-state index in [1.165, 1.54) is 37.3 Å². The molecule has 0 saturated heterocycles. The Balaban J connectivity index is 1.90. The molecule has 3 rings (SSSR count). The minimum atomic E-state index is -4.91. The van der Waals surface area contributed by atoms with Gasteiger partial charge in [0, 0.05) is 16.8 Å². The number of ether oxygens (including phenoxy) is 1. The second kappa shape index (κ2) is 9.28. The monoisotopic (exact) mass is 482 g/mol. The molecular formula is C20H14ClF3N4O5. The topological polar surface area (TPSA) is 116 Å². The van der Waals surface area contributed by atoms with Gasteiger partial charge in [-0.25, -0.2) is 9.48 Å². The molecule has 172 valence electrons. The van der Waals surface area contributed by atoms with Gasteiger partial charge >= 0.3 is 12.1 Å². The fraction of sp³-hybridized carbons (Fsp3) is 0.150. The number of esters is 1. The number of hydrogen-bond donors (Lipinski definition) is 1. The van der Waals surface area contributed by atoms with Crippen molar-refractivity contribution in [3.05, 3.63) is 80.6 Å². The third kappa shape index (κ3) is 5.12. The Morgan fingerprint density at radius 2 is 1.85 bits per heavy atom. The SMILES string of the molecule is CCOC(=O)c1cnn(-c2ccc(NC(=O)c3cc(Cl)ccc3[N+](=O)[O-])cc2)c1C(F)(F)F. The molecule has 0 unspecified atom stereocenters. The van der Waals surface area contributed by atoms with E-state index in [4.69, 9.17) is 11.6 Å². The van der Waals surface area contributed by atoms with Crippen LogP contribution in [0.3, 0.4) is 0 Å². The highest BCUT2D eigenvalue weighted by atomic mass is 35.5. The van der Waals surface area contributed by atoms with Gasteiger partial charge in [-0.05, 0) is 43.3 Å². The van der Waals surface area contributed by atoms with Gasteiger partial charge in [0.15, 0.2) is 5.69 Å². The maximum absolute atomic E-state index is 13.6. The summed E-state index contributed by atoms with van der Waals surface area (Å²) in [6.07, 6.45) is -4.15. The number of nitro groups is 1. The van der Waals surface area contributed by atoms with Crippen LogP contribution in [0.1, 0.15) is 33.3 Å². The number of carbonyl (C=O) groups is 2. The van der Waals surface area contributed by atoms with Crippen molar-refractivity contribution in [1.82, 2.24) is 9.78 Å². The van der Waals surface area contributed by atoms with Crippen molar-refractivity contribution in [2.75, 3.05) is 11.9 Å². The van der Waals surface area contributed by atoms with Crippen LogP contribution in [0.4, 0.5) is 24.5 Å². The Labute approximate surface area is 188 Å². The van der Waals surface area contributed by atoms with Crippen molar-refractivity contribution >= 4 is 34.9 Å². The molecule has 0 aliphatic rings. The molecule has 0 bridgehead atoms. The maximum Gasteiger partial charge on any atom is 0.434 e. The molecule has 0 fully saturated rings. The van der Waals surface area contributed by atoms with Crippen LogP contribution in [0.15, 0.2) is 48.7 Å². The predicted octanol–water partition coefficient (Wildman–Crippen LogP) is 4.88. The smallest absolute Gasteiger partial charge is 0.434 e. The zero-order valence-electron chi connectivity index (χ0n) is 16.7. The highest BCUT2D eigenvalue weighted by Gasteiger charge is 2.41. The van der Waals surface area contributed by atoms with Gasteiger partial charge in [-0.2, -0.15) is 18.3 Å². The van der Waals surface area contributed by atoms with Crippen LogP contribution in [0, 0.1) is 10.1 Å². The van der Waals surface area contributed by atoms with E-state index in [0.29, 0.717) is 4.68 Å². The van der Waals surface area contributed by atoms with Gasteiger partial charge in [0.2, 0.25) is 0 Å². The first-order valence-electron chi connectivity index (χ1n) is 9.21. The lowest BCUT2D eigenvalue weighted by Crippen LogP contribution is -2.18. The molecule has 0 saturated carbocycles. The molecule has 9 nitrogen and oxygen atoms in total. The van der Waals surface area contributed by atoms with Crippen LogP contribution in [0.25, 0.3) is 5.69 Å². The van der Waals surface area contributed by atoms with E-state index in [1.54, 1.807) is 0 Å². The van der Waals surface area contributed by atoms with E-state index in [-0.39, 0.29) is 28.6 Å². The Morgan fingerprint density at radius 1 is 1.18 bits per heavy atom. The average Bonchev–Trinajstić information content (AvgIpc) is 3.20. The summed E-state index contributed by atoms with van der Waals surface area (Å²) in [6, 6.07) is 8.46. The Morgan fingerprint density at radius 3 is 2.42 bits per heavy atom. The van der Waals surface area contributed by atoms with E-state index in [9.17, 15) is 32.9 Å². The van der Waals surface area contributed by atoms with Gasteiger partial charge < -0.3 is 10.1 Å². The average molecular weight is 483 g/mol. The predicted molar refractivity (Wildman–Crippen MR) is 111 cm³/mol. The van der Waals surface area contributed by atoms with Crippen LogP contribution in [-0.4, -0.2) is 33.2 Å². The third-order valence-electron chi connectivity index (χ3n) is 4.30. The summed E-state index contributed by atoms with van der Waals surface area (Å²) < 4.78 is 46.0.